The van der Waals surface area contributed by atoms with Gasteiger partial charge >= 0.3 is 5.97 Å². The smallest absolute Gasteiger partial charge is 0.337 e. The molecule has 0 amide bonds. The van der Waals surface area contributed by atoms with Crippen LogP contribution in [0.4, 0.5) is 0 Å². The molecule has 1 saturated carbocycles. The van der Waals surface area contributed by atoms with Gasteiger partial charge in [-0.25, -0.2) is 4.79 Å². The highest BCUT2D eigenvalue weighted by Gasteiger charge is 2.22. The second-order valence-electron chi connectivity index (χ2n) is 5.60. The minimum Gasteiger partial charge on any atom is -0.493 e. The molecule has 0 bridgehead atoms. The van der Waals surface area contributed by atoms with Crippen molar-refractivity contribution in [1.29, 1.82) is 0 Å². The van der Waals surface area contributed by atoms with Crippen molar-refractivity contribution in [1.82, 2.24) is 5.32 Å². The van der Waals surface area contributed by atoms with Crippen molar-refractivity contribution in [3.63, 3.8) is 0 Å². The van der Waals surface area contributed by atoms with Crippen LogP contribution in [0, 0.1) is 5.92 Å². The van der Waals surface area contributed by atoms with E-state index in [1.54, 1.807) is 6.07 Å². The van der Waals surface area contributed by atoms with Gasteiger partial charge in [-0.05, 0) is 37.0 Å². The normalized spacial score (nSPS) is 14.4. The lowest BCUT2D eigenvalue weighted by molar-refractivity contribution is 0.0600. The summed E-state index contributed by atoms with van der Waals surface area (Å²) in [5.74, 6) is 1.25. The molecule has 1 aliphatic carbocycles. The molecular formula is C16H23NO3. The van der Waals surface area contributed by atoms with E-state index in [4.69, 9.17) is 9.47 Å². The molecule has 1 N–H and O–H groups in total. The lowest BCUT2D eigenvalue weighted by Crippen LogP contribution is -2.22. The number of carbonyl (C=O) groups excluding carboxylic acids is 1. The number of ether oxygens (including phenoxy) is 2. The molecule has 0 radical (unpaired) electrons. The zero-order valence-corrected chi connectivity index (χ0v) is 12.4. The minimum atomic E-state index is -0.315. The lowest BCUT2D eigenvalue weighted by atomic mass is 10.1. The van der Waals surface area contributed by atoms with Gasteiger partial charge in [0.2, 0.25) is 0 Å². The van der Waals surface area contributed by atoms with Crippen molar-refractivity contribution < 1.29 is 14.3 Å². The zero-order chi connectivity index (χ0) is 14.5. The molecule has 0 saturated heterocycles. The summed E-state index contributed by atoms with van der Waals surface area (Å²) in [6.45, 7) is 5.64. The molecule has 1 fully saturated rings. The summed E-state index contributed by atoms with van der Waals surface area (Å²) in [6, 6.07) is 5.86. The second kappa shape index (κ2) is 6.75. The van der Waals surface area contributed by atoms with E-state index >= 15 is 0 Å². The number of hydrogen-bond donors (Lipinski definition) is 1. The molecule has 1 aromatic rings. The van der Waals surface area contributed by atoms with Crippen LogP contribution >= 0.6 is 0 Å². The maximum atomic E-state index is 11.6. The van der Waals surface area contributed by atoms with Gasteiger partial charge < -0.3 is 14.8 Å². The molecule has 0 heterocycles. The molecule has 0 atom stereocenters. The first kappa shape index (κ1) is 14.9. The molecule has 20 heavy (non-hydrogen) atoms. The van der Waals surface area contributed by atoms with E-state index < -0.39 is 0 Å². The molecule has 2 rings (SSSR count). The average molecular weight is 277 g/mol. The highest BCUT2D eigenvalue weighted by Crippen LogP contribution is 2.30. The SMILES string of the molecule is COC(=O)c1ccc(OCC2CC2)c(CNC(C)C)c1. The fourth-order valence-electron chi connectivity index (χ4n) is 1.91. The second-order valence-corrected chi connectivity index (χ2v) is 5.60. The number of benzene rings is 1. The van der Waals surface area contributed by atoms with Gasteiger partial charge in [0.1, 0.15) is 5.75 Å². The topological polar surface area (TPSA) is 47.6 Å². The molecule has 0 unspecified atom stereocenters. The van der Waals surface area contributed by atoms with Crippen LogP contribution in [0.5, 0.6) is 5.75 Å². The Morgan fingerprint density at radius 3 is 2.75 bits per heavy atom. The largest absolute Gasteiger partial charge is 0.493 e. The predicted molar refractivity (Wildman–Crippen MR) is 78.0 cm³/mol. The van der Waals surface area contributed by atoms with Crippen LogP contribution in [0.3, 0.4) is 0 Å². The Kier molecular flexibility index (Phi) is 5.01. The maximum absolute atomic E-state index is 11.6. The first-order valence-electron chi connectivity index (χ1n) is 7.17. The minimum absolute atomic E-state index is 0.315. The van der Waals surface area contributed by atoms with E-state index in [0.29, 0.717) is 24.1 Å². The Balaban J connectivity index is 2.12. The van der Waals surface area contributed by atoms with Gasteiger partial charge in [0.05, 0.1) is 19.3 Å². The maximum Gasteiger partial charge on any atom is 0.337 e. The van der Waals surface area contributed by atoms with Gasteiger partial charge in [-0.3, -0.25) is 0 Å². The molecule has 110 valence electrons. The third-order valence-corrected chi connectivity index (χ3v) is 3.35. The zero-order valence-electron chi connectivity index (χ0n) is 12.4. The van der Waals surface area contributed by atoms with Crippen LogP contribution in [-0.4, -0.2) is 25.7 Å². The van der Waals surface area contributed by atoms with Crippen LogP contribution in [0.25, 0.3) is 0 Å². The monoisotopic (exact) mass is 277 g/mol. The van der Waals surface area contributed by atoms with E-state index in [2.05, 4.69) is 19.2 Å². The van der Waals surface area contributed by atoms with Gasteiger partial charge in [0.15, 0.2) is 0 Å². The summed E-state index contributed by atoms with van der Waals surface area (Å²) >= 11 is 0. The molecule has 0 aliphatic heterocycles. The first-order chi connectivity index (χ1) is 9.60. The van der Waals surface area contributed by atoms with E-state index in [0.717, 1.165) is 17.9 Å². The lowest BCUT2D eigenvalue weighted by Gasteiger charge is -2.14. The Hall–Kier alpha value is -1.55. The fraction of sp³-hybridized carbons (Fsp3) is 0.562. The summed E-state index contributed by atoms with van der Waals surface area (Å²) in [4.78, 5) is 11.6. The number of nitrogens with one attached hydrogen (secondary N) is 1. The van der Waals surface area contributed by atoms with Gasteiger partial charge in [0, 0.05) is 18.2 Å². The summed E-state index contributed by atoms with van der Waals surface area (Å²) in [6.07, 6.45) is 2.53. The predicted octanol–water partition coefficient (Wildman–Crippen LogP) is 2.76. The number of methoxy groups -OCH3 is 1. The van der Waals surface area contributed by atoms with Crippen molar-refractivity contribution in [2.75, 3.05) is 13.7 Å². The Bertz CT molecular complexity index is 467. The average Bonchev–Trinajstić information content (AvgIpc) is 3.26. The van der Waals surface area contributed by atoms with E-state index in [1.165, 1.54) is 20.0 Å². The number of esters is 1. The van der Waals surface area contributed by atoms with Crippen LogP contribution < -0.4 is 10.1 Å². The molecule has 4 nitrogen and oxygen atoms in total. The standard InChI is InChI=1S/C16H23NO3/c1-11(2)17-9-14-8-13(16(18)19-3)6-7-15(14)20-10-12-4-5-12/h6-8,11-12,17H,4-5,9-10H2,1-3H3. The molecule has 0 aromatic heterocycles. The third-order valence-electron chi connectivity index (χ3n) is 3.35. The Morgan fingerprint density at radius 2 is 2.15 bits per heavy atom. The van der Waals surface area contributed by atoms with Gasteiger partial charge in [-0.1, -0.05) is 13.8 Å². The van der Waals surface area contributed by atoms with Gasteiger partial charge in [-0.2, -0.15) is 0 Å². The Labute approximate surface area is 120 Å². The van der Waals surface area contributed by atoms with E-state index in [-0.39, 0.29) is 5.97 Å². The summed E-state index contributed by atoms with van der Waals surface area (Å²) < 4.78 is 10.6. The number of carbonyl (C=O) groups is 1. The van der Waals surface area contributed by atoms with Crippen molar-refractivity contribution in [3.8, 4) is 5.75 Å². The van der Waals surface area contributed by atoms with Crippen molar-refractivity contribution in [2.45, 2.75) is 39.3 Å². The van der Waals surface area contributed by atoms with Crippen molar-refractivity contribution >= 4 is 5.97 Å². The molecule has 1 aromatic carbocycles. The summed E-state index contributed by atoms with van der Waals surface area (Å²) in [7, 11) is 1.39. The van der Waals surface area contributed by atoms with Crippen molar-refractivity contribution in [3.05, 3.63) is 29.3 Å². The molecular weight excluding hydrogens is 254 g/mol. The van der Waals surface area contributed by atoms with Crippen LogP contribution in [0.2, 0.25) is 0 Å². The fourth-order valence-corrected chi connectivity index (χ4v) is 1.91. The highest BCUT2D eigenvalue weighted by molar-refractivity contribution is 5.89. The molecule has 0 spiro atoms. The van der Waals surface area contributed by atoms with Crippen LogP contribution in [0.1, 0.15) is 42.6 Å². The van der Waals surface area contributed by atoms with Crippen LogP contribution in [0.15, 0.2) is 18.2 Å². The summed E-state index contributed by atoms with van der Waals surface area (Å²) in [5, 5.41) is 3.36. The highest BCUT2D eigenvalue weighted by atomic mass is 16.5. The van der Waals surface area contributed by atoms with E-state index in [9.17, 15) is 4.79 Å². The van der Waals surface area contributed by atoms with Crippen molar-refractivity contribution in [2.24, 2.45) is 5.92 Å². The molecule has 1 aliphatic rings. The van der Waals surface area contributed by atoms with Gasteiger partial charge in [0.25, 0.3) is 0 Å². The summed E-state index contributed by atoms with van der Waals surface area (Å²) in [5.41, 5.74) is 1.56. The third kappa shape index (κ3) is 4.23. The van der Waals surface area contributed by atoms with E-state index in [1.807, 2.05) is 12.1 Å². The molecule has 4 heteroatoms. The number of rotatable bonds is 7. The van der Waals surface area contributed by atoms with Gasteiger partial charge in [-0.15, -0.1) is 0 Å². The number of hydrogen-bond acceptors (Lipinski definition) is 4. The Morgan fingerprint density at radius 1 is 1.40 bits per heavy atom. The van der Waals surface area contributed by atoms with Crippen LogP contribution in [-0.2, 0) is 11.3 Å². The first-order valence-corrected chi connectivity index (χ1v) is 7.17. The quantitative estimate of drug-likeness (QED) is 0.779.